The van der Waals surface area contributed by atoms with Crippen molar-refractivity contribution in [3.05, 3.63) is 53.2 Å². The molecule has 3 rings (SSSR count). The van der Waals surface area contributed by atoms with Crippen LogP contribution >= 0.6 is 0 Å². The molecule has 100 valence electrons. The van der Waals surface area contributed by atoms with E-state index in [-0.39, 0.29) is 17.6 Å². The lowest BCUT2D eigenvalue weighted by atomic mass is 9.93. The van der Waals surface area contributed by atoms with Crippen LogP contribution in [-0.2, 0) is 6.42 Å². The molecule has 1 aromatic carbocycles. The lowest BCUT2D eigenvalue weighted by Gasteiger charge is -2.36. The van der Waals surface area contributed by atoms with E-state index in [0.717, 1.165) is 18.5 Å². The molecule has 0 saturated carbocycles. The zero-order valence-electron chi connectivity index (χ0n) is 11.0. The lowest BCUT2D eigenvalue weighted by Crippen LogP contribution is -2.35. The van der Waals surface area contributed by atoms with Crippen LogP contribution in [0.2, 0.25) is 0 Å². The fraction of sp³-hybridized carbons (Fsp3) is 0.267. The summed E-state index contributed by atoms with van der Waals surface area (Å²) >= 11 is 0. The van der Waals surface area contributed by atoms with Crippen LogP contribution in [0.4, 0.5) is 10.2 Å². The van der Waals surface area contributed by atoms with Crippen LogP contribution in [0.3, 0.4) is 0 Å². The van der Waals surface area contributed by atoms with Gasteiger partial charge in [0.1, 0.15) is 17.7 Å². The third kappa shape index (κ3) is 1.99. The SMILES string of the molecule is CC1c2c(F)cccc2CCN1c1cncc(C#N)n1. The van der Waals surface area contributed by atoms with Crippen LogP contribution in [0.25, 0.3) is 0 Å². The van der Waals surface area contributed by atoms with Crippen LogP contribution in [0, 0.1) is 17.1 Å². The van der Waals surface area contributed by atoms with Gasteiger partial charge in [-0.2, -0.15) is 5.26 Å². The Labute approximate surface area is 116 Å². The Morgan fingerprint density at radius 2 is 2.25 bits per heavy atom. The average Bonchev–Trinajstić information content (AvgIpc) is 2.47. The molecule has 20 heavy (non-hydrogen) atoms. The Bertz CT molecular complexity index is 693. The summed E-state index contributed by atoms with van der Waals surface area (Å²) in [6, 6.07) is 7.04. The second-order valence-electron chi connectivity index (χ2n) is 4.81. The summed E-state index contributed by atoms with van der Waals surface area (Å²) < 4.78 is 14.0. The monoisotopic (exact) mass is 268 g/mol. The molecule has 0 spiro atoms. The molecule has 1 unspecified atom stereocenters. The Morgan fingerprint density at radius 3 is 3.05 bits per heavy atom. The number of aromatic nitrogens is 2. The minimum Gasteiger partial charge on any atom is -0.348 e. The number of halogens is 1. The normalized spacial score (nSPS) is 17.4. The summed E-state index contributed by atoms with van der Waals surface area (Å²) in [7, 11) is 0. The molecule has 2 heterocycles. The number of benzene rings is 1. The summed E-state index contributed by atoms with van der Waals surface area (Å²) in [5.41, 5.74) is 2.02. The molecule has 0 bridgehead atoms. The van der Waals surface area contributed by atoms with E-state index in [1.807, 2.05) is 24.0 Å². The van der Waals surface area contributed by atoms with E-state index in [4.69, 9.17) is 5.26 Å². The van der Waals surface area contributed by atoms with Crippen LogP contribution in [-0.4, -0.2) is 16.5 Å². The van der Waals surface area contributed by atoms with Gasteiger partial charge in [0.05, 0.1) is 18.4 Å². The fourth-order valence-electron chi connectivity index (χ4n) is 2.72. The molecule has 1 aromatic heterocycles. The molecule has 0 aliphatic carbocycles. The van der Waals surface area contributed by atoms with E-state index in [1.54, 1.807) is 12.3 Å². The molecule has 0 amide bonds. The number of anilines is 1. The van der Waals surface area contributed by atoms with E-state index in [0.29, 0.717) is 11.4 Å². The van der Waals surface area contributed by atoms with Crippen LogP contribution in [0.5, 0.6) is 0 Å². The van der Waals surface area contributed by atoms with Gasteiger partial charge in [-0.15, -0.1) is 0 Å². The van der Waals surface area contributed by atoms with Crippen molar-refractivity contribution in [3.8, 4) is 6.07 Å². The first-order valence-electron chi connectivity index (χ1n) is 6.47. The van der Waals surface area contributed by atoms with Crippen molar-refractivity contribution in [2.75, 3.05) is 11.4 Å². The quantitative estimate of drug-likeness (QED) is 0.797. The number of nitrogens with zero attached hydrogens (tertiary/aromatic N) is 4. The zero-order chi connectivity index (χ0) is 14.1. The van der Waals surface area contributed by atoms with E-state index >= 15 is 0 Å². The molecule has 2 aromatic rings. The first-order valence-corrected chi connectivity index (χ1v) is 6.47. The Balaban J connectivity index is 2.02. The Kier molecular flexibility index (Phi) is 3.07. The van der Waals surface area contributed by atoms with Gasteiger partial charge >= 0.3 is 0 Å². The zero-order valence-corrected chi connectivity index (χ0v) is 11.0. The molecule has 5 heteroatoms. The maximum Gasteiger partial charge on any atom is 0.161 e. The molecule has 1 aliphatic heterocycles. The van der Waals surface area contributed by atoms with Crippen molar-refractivity contribution in [2.45, 2.75) is 19.4 Å². The second-order valence-corrected chi connectivity index (χ2v) is 4.81. The molecule has 0 radical (unpaired) electrons. The van der Waals surface area contributed by atoms with Gasteiger partial charge in [0.15, 0.2) is 5.69 Å². The van der Waals surface area contributed by atoms with E-state index < -0.39 is 0 Å². The molecular formula is C15H13FN4. The van der Waals surface area contributed by atoms with Crippen LogP contribution in [0.15, 0.2) is 30.6 Å². The van der Waals surface area contributed by atoms with Crippen LogP contribution < -0.4 is 4.90 Å². The average molecular weight is 268 g/mol. The summed E-state index contributed by atoms with van der Waals surface area (Å²) in [5.74, 6) is 0.426. The van der Waals surface area contributed by atoms with Gasteiger partial charge < -0.3 is 4.90 Å². The van der Waals surface area contributed by atoms with Gasteiger partial charge in [0.25, 0.3) is 0 Å². The summed E-state index contributed by atoms with van der Waals surface area (Å²) in [6.07, 6.45) is 3.80. The number of fused-ring (bicyclic) bond motifs is 1. The van der Waals surface area contributed by atoms with Crippen molar-refractivity contribution in [3.63, 3.8) is 0 Å². The van der Waals surface area contributed by atoms with Gasteiger partial charge in [0, 0.05) is 12.1 Å². The predicted molar refractivity (Wildman–Crippen MR) is 72.6 cm³/mol. The molecular weight excluding hydrogens is 255 g/mol. The predicted octanol–water partition coefficient (Wildman–Crippen LogP) is 2.61. The largest absolute Gasteiger partial charge is 0.348 e. The van der Waals surface area contributed by atoms with Crippen molar-refractivity contribution >= 4 is 5.82 Å². The lowest BCUT2D eigenvalue weighted by molar-refractivity contribution is 0.544. The third-order valence-corrected chi connectivity index (χ3v) is 3.68. The molecule has 1 aliphatic rings. The maximum atomic E-state index is 14.0. The number of hydrogen-bond donors (Lipinski definition) is 0. The topological polar surface area (TPSA) is 52.8 Å². The smallest absolute Gasteiger partial charge is 0.161 e. The fourth-order valence-corrected chi connectivity index (χ4v) is 2.72. The summed E-state index contributed by atoms with van der Waals surface area (Å²) in [4.78, 5) is 10.3. The first kappa shape index (κ1) is 12.5. The standard InChI is InChI=1S/C15H13FN4/c1-10-15-11(3-2-4-13(15)16)5-6-20(10)14-9-18-8-12(7-17)19-14/h2-4,8-10H,5-6H2,1H3. The van der Waals surface area contributed by atoms with Crippen molar-refractivity contribution in [1.82, 2.24) is 9.97 Å². The highest BCUT2D eigenvalue weighted by Gasteiger charge is 2.27. The van der Waals surface area contributed by atoms with Crippen molar-refractivity contribution < 1.29 is 4.39 Å². The van der Waals surface area contributed by atoms with Gasteiger partial charge in [-0.05, 0) is 25.0 Å². The minimum atomic E-state index is -0.191. The van der Waals surface area contributed by atoms with E-state index in [9.17, 15) is 4.39 Å². The highest BCUT2D eigenvalue weighted by molar-refractivity contribution is 5.47. The summed E-state index contributed by atoms with van der Waals surface area (Å²) in [5, 5.41) is 8.90. The van der Waals surface area contributed by atoms with Crippen molar-refractivity contribution in [1.29, 1.82) is 5.26 Å². The highest BCUT2D eigenvalue weighted by atomic mass is 19.1. The molecule has 1 atom stereocenters. The molecule has 0 saturated heterocycles. The molecule has 0 N–H and O–H groups in total. The highest BCUT2D eigenvalue weighted by Crippen LogP contribution is 2.33. The number of rotatable bonds is 1. The maximum absolute atomic E-state index is 14.0. The Hall–Kier alpha value is -2.48. The van der Waals surface area contributed by atoms with E-state index in [2.05, 4.69) is 9.97 Å². The number of nitriles is 1. The summed E-state index contributed by atoms with van der Waals surface area (Å²) in [6.45, 7) is 2.68. The van der Waals surface area contributed by atoms with Gasteiger partial charge in [-0.3, -0.25) is 4.98 Å². The van der Waals surface area contributed by atoms with Gasteiger partial charge in [0.2, 0.25) is 0 Å². The van der Waals surface area contributed by atoms with Crippen molar-refractivity contribution in [2.24, 2.45) is 0 Å². The second kappa shape index (κ2) is 4.89. The van der Waals surface area contributed by atoms with Gasteiger partial charge in [-0.1, -0.05) is 12.1 Å². The third-order valence-electron chi connectivity index (χ3n) is 3.68. The first-order chi connectivity index (χ1) is 9.70. The van der Waals surface area contributed by atoms with E-state index in [1.165, 1.54) is 12.3 Å². The number of hydrogen-bond acceptors (Lipinski definition) is 4. The molecule has 4 nitrogen and oxygen atoms in total. The minimum absolute atomic E-state index is 0.122. The van der Waals surface area contributed by atoms with Crippen LogP contribution in [0.1, 0.15) is 29.8 Å². The Morgan fingerprint density at radius 1 is 1.40 bits per heavy atom. The van der Waals surface area contributed by atoms with Gasteiger partial charge in [-0.25, -0.2) is 9.37 Å². The molecule has 0 fully saturated rings.